The van der Waals surface area contributed by atoms with Crippen LogP contribution in [-0.2, 0) is 11.3 Å². The molecule has 1 aromatic rings. The molecule has 0 aromatic heterocycles. The van der Waals surface area contributed by atoms with Crippen LogP contribution in [0.15, 0.2) is 24.3 Å². The largest absolute Gasteiger partial charge is 0.573 e. The molecule has 102 valence electrons. The highest BCUT2D eigenvalue weighted by Gasteiger charge is 2.30. The van der Waals surface area contributed by atoms with Crippen molar-refractivity contribution in [3.63, 3.8) is 0 Å². The predicted octanol–water partition coefficient (Wildman–Crippen LogP) is 2.71. The first-order valence-electron chi connectivity index (χ1n) is 5.64. The highest BCUT2D eigenvalue weighted by atomic mass is 19.4. The van der Waals surface area contributed by atoms with E-state index in [1.54, 1.807) is 12.1 Å². The Bertz CT molecular complexity index is 338. The fourth-order valence-corrected chi connectivity index (χ4v) is 1.33. The predicted molar refractivity (Wildman–Crippen MR) is 61.3 cm³/mol. The second kappa shape index (κ2) is 7.23. The molecule has 0 saturated carbocycles. The van der Waals surface area contributed by atoms with Gasteiger partial charge in [-0.15, -0.1) is 13.2 Å². The molecule has 6 heteroatoms. The van der Waals surface area contributed by atoms with Crippen LogP contribution in [0.5, 0.6) is 5.75 Å². The van der Waals surface area contributed by atoms with Gasteiger partial charge >= 0.3 is 6.36 Å². The summed E-state index contributed by atoms with van der Waals surface area (Å²) < 4.78 is 44.7. The topological polar surface area (TPSA) is 30.5 Å². The number of alkyl halides is 3. The standard InChI is InChI=1S/C12H16F3NO2/c1-2-17-8-7-16-9-10-3-5-11(6-4-10)18-12(13,14)15/h3-6,16H,2,7-9H2,1H3. The van der Waals surface area contributed by atoms with E-state index in [0.29, 0.717) is 26.3 Å². The van der Waals surface area contributed by atoms with Crippen molar-refractivity contribution in [2.24, 2.45) is 0 Å². The molecule has 3 nitrogen and oxygen atoms in total. The Hall–Kier alpha value is -1.27. The molecule has 0 unspecified atom stereocenters. The van der Waals surface area contributed by atoms with Crippen LogP contribution in [0, 0.1) is 0 Å². The molecule has 0 spiro atoms. The van der Waals surface area contributed by atoms with Crippen molar-refractivity contribution in [2.45, 2.75) is 19.8 Å². The third-order valence-corrected chi connectivity index (χ3v) is 2.11. The van der Waals surface area contributed by atoms with E-state index in [1.165, 1.54) is 12.1 Å². The van der Waals surface area contributed by atoms with E-state index in [2.05, 4.69) is 10.1 Å². The molecule has 0 amide bonds. The van der Waals surface area contributed by atoms with Crippen LogP contribution in [0.2, 0.25) is 0 Å². The molecule has 18 heavy (non-hydrogen) atoms. The monoisotopic (exact) mass is 263 g/mol. The lowest BCUT2D eigenvalue weighted by Gasteiger charge is -2.09. The Labute approximate surface area is 104 Å². The molecule has 0 fully saturated rings. The van der Waals surface area contributed by atoms with Gasteiger partial charge in [0.2, 0.25) is 0 Å². The number of rotatable bonds is 7. The zero-order valence-electron chi connectivity index (χ0n) is 10.1. The number of nitrogens with one attached hydrogen (secondary N) is 1. The van der Waals surface area contributed by atoms with E-state index in [0.717, 1.165) is 5.56 Å². The van der Waals surface area contributed by atoms with Gasteiger partial charge in [0.1, 0.15) is 5.75 Å². The average Bonchev–Trinajstić information content (AvgIpc) is 2.29. The molecular weight excluding hydrogens is 247 g/mol. The number of ether oxygens (including phenoxy) is 2. The Kier molecular flexibility index (Phi) is 5.94. The molecule has 0 aliphatic rings. The molecule has 0 aliphatic carbocycles. The maximum atomic E-state index is 11.9. The van der Waals surface area contributed by atoms with E-state index in [9.17, 15) is 13.2 Å². The number of hydrogen-bond acceptors (Lipinski definition) is 3. The molecule has 0 heterocycles. The number of hydrogen-bond donors (Lipinski definition) is 1. The lowest BCUT2D eigenvalue weighted by atomic mass is 10.2. The van der Waals surface area contributed by atoms with E-state index in [-0.39, 0.29) is 5.75 Å². The SMILES string of the molecule is CCOCCNCc1ccc(OC(F)(F)F)cc1. The second-order valence-electron chi connectivity index (χ2n) is 3.57. The van der Waals surface area contributed by atoms with Crippen molar-refractivity contribution >= 4 is 0 Å². The van der Waals surface area contributed by atoms with Crippen molar-refractivity contribution in [3.8, 4) is 5.75 Å². The van der Waals surface area contributed by atoms with Crippen LogP contribution in [-0.4, -0.2) is 26.1 Å². The summed E-state index contributed by atoms with van der Waals surface area (Å²) in [6.07, 6.45) is -4.64. The van der Waals surface area contributed by atoms with Gasteiger partial charge in [-0.25, -0.2) is 0 Å². The molecule has 1 aromatic carbocycles. The number of halogens is 3. The molecule has 1 rings (SSSR count). The smallest absolute Gasteiger partial charge is 0.406 e. The van der Waals surface area contributed by atoms with Gasteiger partial charge in [-0.2, -0.15) is 0 Å². The maximum absolute atomic E-state index is 11.9. The molecular formula is C12H16F3NO2. The van der Waals surface area contributed by atoms with E-state index in [1.807, 2.05) is 6.92 Å². The van der Waals surface area contributed by atoms with Gasteiger partial charge in [0.05, 0.1) is 6.61 Å². The minimum Gasteiger partial charge on any atom is -0.406 e. The van der Waals surface area contributed by atoms with Gasteiger partial charge in [0.15, 0.2) is 0 Å². The summed E-state index contributed by atoms with van der Waals surface area (Å²) in [5.41, 5.74) is 0.890. The van der Waals surface area contributed by atoms with E-state index in [4.69, 9.17) is 4.74 Å². The first-order valence-corrected chi connectivity index (χ1v) is 5.64. The lowest BCUT2D eigenvalue weighted by Crippen LogP contribution is -2.19. The fraction of sp³-hybridized carbons (Fsp3) is 0.500. The van der Waals surface area contributed by atoms with Crippen molar-refractivity contribution in [1.82, 2.24) is 5.32 Å². The average molecular weight is 263 g/mol. The van der Waals surface area contributed by atoms with E-state index < -0.39 is 6.36 Å². The molecule has 0 aliphatic heterocycles. The summed E-state index contributed by atoms with van der Waals surface area (Å²) >= 11 is 0. The highest BCUT2D eigenvalue weighted by Crippen LogP contribution is 2.22. The molecule has 0 radical (unpaired) electrons. The van der Waals surface area contributed by atoms with E-state index >= 15 is 0 Å². The van der Waals surface area contributed by atoms with Gasteiger partial charge in [0.25, 0.3) is 0 Å². The van der Waals surface area contributed by atoms with Crippen molar-refractivity contribution < 1.29 is 22.6 Å². The molecule has 1 N–H and O–H groups in total. The van der Waals surface area contributed by atoms with Gasteiger partial charge in [0, 0.05) is 19.7 Å². The minimum absolute atomic E-state index is 0.208. The van der Waals surface area contributed by atoms with Crippen LogP contribution >= 0.6 is 0 Å². The zero-order chi connectivity index (χ0) is 13.4. The second-order valence-corrected chi connectivity index (χ2v) is 3.57. The Morgan fingerprint density at radius 1 is 1.17 bits per heavy atom. The zero-order valence-corrected chi connectivity index (χ0v) is 10.1. The highest BCUT2D eigenvalue weighted by molar-refractivity contribution is 5.27. The summed E-state index contributed by atoms with van der Waals surface area (Å²) in [6, 6.07) is 5.78. The number of benzene rings is 1. The third kappa shape index (κ3) is 6.46. The van der Waals surface area contributed by atoms with Gasteiger partial charge in [-0.1, -0.05) is 12.1 Å². The normalized spacial score (nSPS) is 11.6. The van der Waals surface area contributed by atoms with Crippen molar-refractivity contribution in [2.75, 3.05) is 19.8 Å². The van der Waals surface area contributed by atoms with Crippen LogP contribution < -0.4 is 10.1 Å². The van der Waals surface area contributed by atoms with Crippen molar-refractivity contribution in [1.29, 1.82) is 0 Å². The third-order valence-electron chi connectivity index (χ3n) is 2.11. The summed E-state index contributed by atoms with van der Waals surface area (Å²) in [7, 11) is 0. The van der Waals surface area contributed by atoms with Crippen LogP contribution in [0.3, 0.4) is 0 Å². The molecule has 0 atom stereocenters. The van der Waals surface area contributed by atoms with Gasteiger partial charge < -0.3 is 14.8 Å². The summed E-state index contributed by atoms with van der Waals surface area (Å²) in [4.78, 5) is 0. The minimum atomic E-state index is -4.64. The summed E-state index contributed by atoms with van der Waals surface area (Å²) in [5.74, 6) is -0.208. The van der Waals surface area contributed by atoms with Crippen LogP contribution in [0.1, 0.15) is 12.5 Å². The fourth-order valence-electron chi connectivity index (χ4n) is 1.33. The summed E-state index contributed by atoms with van der Waals surface area (Å²) in [6.45, 7) is 4.49. The van der Waals surface area contributed by atoms with Crippen LogP contribution in [0.4, 0.5) is 13.2 Å². The Morgan fingerprint density at radius 3 is 2.39 bits per heavy atom. The van der Waals surface area contributed by atoms with Gasteiger partial charge in [-0.05, 0) is 24.6 Å². The quantitative estimate of drug-likeness (QED) is 0.767. The molecule has 0 bridgehead atoms. The maximum Gasteiger partial charge on any atom is 0.573 e. The van der Waals surface area contributed by atoms with Crippen molar-refractivity contribution in [3.05, 3.63) is 29.8 Å². The first-order chi connectivity index (χ1) is 8.51. The van der Waals surface area contributed by atoms with Crippen LogP contribution in [0.25, 0.3) is 0 Å². The Balaban J connectivity index is 2.32. The lowest BCUT2D eigenvalue weighted by molar-refractivity contribution is -0.274. The summed E-state index contributed by atoms with van der Waals surface area (Å²) in [5, 5.41) is 3.12. The molecule has 0 saturated heterocycles. The van der Waals surface area contributed by atoms with Gasteiger partial charge in [-0.3, -0.25) is 0 Å². The first kappa shape index (κ1) is 14.8. The Morgan fingerprint density at radius 2 is 1.83 bits per heavy atom.